The summed E-state index contributed by atoms with van der Waals surface area (Å²) in [5, 5.41) is 3.82. The topological polar surface area (TPSA) is 94.6 Å². The van der Waals surface area contributed by atoms with Gasteiger partial charge in [-0.05, 0) is 31.9 Å². The van der Waals surface area contributed by atoms with Crippen molar-refractivity contribution in [2.75, 3.05) is 19.8 Å². The molecule has 0 spiro atoms. The van der Waals surface area contributed by atoms with Gasteiger partial charge >= 0.3 is 0 Å². The lowest BCUT2D eigenvalue weighted by Crippen LogP contribution is -2.50. The smallest absolute Gasteiger partial charge is 0.230 e. The molecule has 128 valence electrons. The van der Waals surface area contributed by atoms with Crippen molar-refractivity contribution < 1.29 is 18.7 Å². The van der Waals surface area contributed by atoms with Gasteiger partial charge in [-0.15, -0.1) is 0 Å². The third kappa shape index (κ3) is 3.14. The molecule has 2 heterocycles. The number of rotatable bonds is 5. The van der Waals surface area contributed by atoms with Crippen LogP contribution in [0, 0.1) is 5.41 Å². The summed E-state index contributed by atoms with van der Waals surface area (Å²) in [4.78, 5) is 24.3. The zero-order valence-electron chi connectivity index (χ0n) is 13.7. The highest BCUT2D eigenvalue weighted by Crippen LogP contribution is 2.30. The average molecular weight is 330 g/mol. The van der Waals surface area contributed by atoms with E-state index in [1.165, 1.54) is 0 Å². The molecule has 0 unspecified atom stereocenters. The minimum Gasteiger partial charge on any atom is -0.460 e. The van der Waals surface area contributed by atoms with Crippen molar-refractivity contribution in [3.05, 3.63) is 36.1 Å². The maximum Gasteiger partial charge on any atom is 0.230 e. The molecular weight excluding hydrogens is 308 g/mol. The number of hydrogen-bond acceptors (Lipinski definition) is 4. The largest absolute Gasteiger partial charge is 0.460 e. The Labute approximate surface area is 140 Å². The zero-order chi connectivity index (χ0) is 17.2. The normalized spacial score (nSPS) is 18.2. The monoisotopic (exact) mass is 330 g/mol. The Hall–Kier alpha value is -2.34. The summed E-state index contributed by atoms with van der Waals surface area (Å²) in [5.74, 6) is -0.403. The molecule has 1 aromatic carbocycles. The molecule has 0 radical (unpaired) electrons. The van der Waals surface area contributed by atoms with Gasteiger partial charge in [-0.2, -0.15) is 0 Å². The van der Waals surface area contributed by atoms with Crippen LogP contribution in [0.3, 0.4) is 0 Å². The molecule has 6 heteroatoms. The van der Waals surface area contributed by atoms with Crippen LogP contribution in [0.2, 0.25) is 0 Å². The molecule has 0 saturated carbocycles. The van der Waals surface area contributed by atoms with Crippen LogP contribution in [0.1, 0.15) is 31.4 Å². The van der Waals surface area contributed by atoms with Gasteiger partial charge in [0.25, 0.3) is 0 Å². The zero-order valence-corrected chi connectivity index (χ0v) is 13.7. The molecular formula is C18H22N2O4. The Kier molecular flexibility index (Phi) is 4.57. The number of nitrogens with two attached hydrogens (primary N) is 1. The van der Waals surface area contributed by atoms with Crippen LogP contribution in [0.4, 0.5) is 0 Å². The van der Waals surface area contributed by atoms with Gasteiger partial charge in [0.15, 0.2) is 0 Å². The number of para-hydroxylation sites is 1. The van der Waals surface area contributed by atoms with E-state index in [4.69, 9.17) is 14.9 Å². The lowest BCUT2D eigenvalue weighted by atomic mass is 9.79. The fourth-order valence-electron chi connectivity index (χ4n) is 3.03. The lowest BCUT2D eigenvalue weighted by molar-refractivity contribution is -0.134. The fourth-order valence-corrected chi connectivity index (χ4v) is 3.03. The quantitative estimate of drug-likeness (QED) is 0.876. The Balaban J connectivity index is 1.68. The first-order valence-electron chi connectivity index (χ1n) is 8.16. The molecule has 2 amide bonds. The van der Waals surface area contributed by atoms with E-state index < -0.39 is 11.3 Å². The van der Waals surface area contributed by atoms with Gasteiger partial charge in [-0.3, -0.25) is 9.59 Å². The van der Waals surface area contributed by atoms with E-state index in [0.717, 1.165) is 11.0 Å². The van der Waals surface area contributed by atoms with Crippen LogP contribution in [0.15, 0.2) is 34.7 Å². The van der Waals surface area contributed by atoms with Crippen LogP contribution in [-0.4, -0.2) is 31.6 Å². The minimum atomic E-state index is -0.721. The van der Waals surface area contributed by atoms with Gasteiger partial charge in [0.1, 0.15) is 11.3 Å². The molecule has 1 aliphatic heterocycles. The predicted molar refractivity (Wildman–Crippen MR) is 89.3 cm³/mol. The molecule has 6 nitrogen and oxygen atoms in total. The molecule has 1 aromatic heterocycles. The molecule has 0 aliphatic carbocycles. The van der Waals surface area contributed by atoms with Crippen molar-refractivity contribution in [1.82, 2.24) is 5.32 Å². The molecule has 1 saturated heterocycles. The second-order valence-corrected chi connectivity index (χ2v) is 6.38. The second kappa shape index (κ2) is 6.65. The number of nitrogens with one attached hydrogen (secondary N) is 1. The van der Waals surface area contributed by atoms with Crippen molar-refractivity contribution in [2.45, 2.75) is 25.7 Å². The summed E-state index contributed by atoms with van der Waals surface area (Å²) in [6, 6.07) is 9.50. The second-order valence-electron chi connectivity index (χ2n) is 6.38. The van der Waals surface area contributed by atoms with Gasteiger partial charge in [0.2, 0.25) is 11.8 Å². The predicted octanol–water partition coefficient (Wildman–Crippen LogP) is 1.93. The third-order valence-corrected chi connectivity index (χ3v) is 4.84. The standard InChI is InChI=1S/C18H22N2O4/c1-12(15-10-13-4-2-3-5-14(13)24-15)16(21)20-11-18(17(19)22)6-8-23-9-7-18/h2-5,10,12H,6-9,11H2,1H3,(H2,19,22)(H,20,21)/t12-/m0/s1. The van der Waals surface area contributed by atoms with Crippen LogP contribution in [-0.2, 0) is 14.3 Å². The van der Waals surface area contributed by atoms with Crippen LogP contribution in [0.5, 0.6) is 0 Å². The lowest BCUT2D eigenvalue weighted by Gasteiger charge is -2.34. The van der Waals surface area contributed by atoms with Crippen molar-refractivity contribution >= 4 is 22.8 Å². The van der Waals surface area contributed by atoms with Crippen LogP contribution < -0.4 is 11.1 Å². The highest BCUT2D eigenvalue weighted by molar-refractivity contribution is 5.87. The summed E-state index contributed by atoms with van der Waals surface area (Å²) in [6.45, 7) is 2.99. The Morgan fingerprint density at radius 1 is 1.29 bits per heavy atom. The van der Waals surface area contributed by atoms with E-state index in [9.17, 15) is 9.59 Å². The van der Waals surface area contributed by atoms with Gasteiger partial charge in [0.05, 0.1) is 11.3 Å². The van der Waals surface area contributed by atoms with Crippen LogP contribution in [0.25, 0.3) is 11.0 Å². The number of amides is 2. The Morgan fingerprint density at radius 3 is 2.67 bits per heavy atom. The van der Waals surface area contributed by atoms with E-state index in [-0.39, 0.29) is 18.4 Å². The van der Waals surface area contributed by atoms with Crippen molar-refractivity contribution in [3.63, 3.8) is 0 Å². The molecule has 1 aliphatic rings. The Bertz CT molecular complexity index is 713. The Morgan fingerprint density at radius 2 is 2.00 bits per heavy atom. The number of furan rings is 1. The number of hydrogen-bond donors (Lipinski definition) is 2. The first-order chi connectivity index (χ1) is 11.5. The summed E-state index contributed by atoms with van der Waals surface area (Å²) in [7, 11) is 0. The van der Waals surface area contributed by atoms with Crippen molar-refractivity contribution in [1.29, 1.82) is 0 Å². The van der Waals surface area contributed by atoms with E-state index in [1.54, 1.807) is 6.92 Å². The van der Waals surface area contributed by atoms with E-state index >= 15 is 0 Å². The summed E-state index contributed by atoms with van der Waals surface area (Å²) >= 11 is 0. The number of fused-ring (bicyclic) bond motifs is 1. The number of benzene rings is 1. The molecule has 1 atom stereocenters. The average Bonchev–Trinajstić information content (AvgIpc) is 3.03. The summed E-state index contributed by atoms with van der Waals surface area (Å²) in [6.07, 6.45) is 1.06. The molecule has 3 rings (SSSR count). The maximum absolute atomic E-state index is 12.5. The number of ether oxygens (including phenoxy) is 1. The van der Waals surface area contributed by atoms with Gasteiger partial charge < -0.3 is 20.2 Å². The molecule has 3 N–H and O–H groups in total. The highest BCUT2D eigenvalue weighted by Gasteiger charge is 2.39. The van der Waals surface area contributed by atoms with Crippen molar-refractivity contribution in [2.24, 2.45) is 11.1 Å². The molecule has 24 heavy (non-hydrogen) atoms. The summed E-state index contributed by atoms with van der Waals surface area (Å²) in [5.41, 5.74) is 5.60. The fraction of sp³-hybridized carbons (Fsp3) is 0.444. The maximum atomic E-state index is 12.5. The van der Waals surface area contributed by atoms with E-state index in [1.807, 2.05) is 30.3 Å². The van der Waals surface area contributed by atoms with Crippen molar-refractivity contribution in [3.8, 4) is 0 Å². The van der Waals surface area contributed by atoms with E-state index in [0.29, 0.717) is 31.8 Å². The SMILES string of the molecule is C[C@H](C(=O)NCC1(C(N)=O)CCOCC1)c1cc2ccccc2o1. The summed E-state index contributed by atoms with van der Waals surface area (Å²) < 4.78 is 11.0. The third-order valence-electron chi connectivity index (χ3n) is 4.84. The molecule has 2 aromatic rings. The number of carbonyl (C=O) groups is 2. The number of carbonyl (C=O) groups excluding carboxylic acids is 2. The first-order valence-corrected chi connectivity index (χ1v) is 8.16. The first kappa shape index (κ1) is 16.5. The molecule has 0 bridgehead atoms. The van der Waals surface area contributed by atoms with Gasteiger partial charge in [0, 0.05) is 25.1 Å². The number of primary amides is 1. The van der Waals surface area contributed by atoms with Crippen LogP contribution >= 0.6 is 0 Å². The minimum absolute atomic E-state index is 0.179. The highest BCUT2D eigenvalue weighted by atomic mass is 16.5. The van der Waals surface area contributed by atoms with Gasteiger partial charge in [-0.25, -0.2) is 0 Å². The molecule has 1 fully saturated rings. The van der Waals surface area contributed by atoms with Gasteiger partial charge in [-0.1, -0.05) is 18.2 Å². The van der Waals surface area contributed by atoms with E-state index in [2.05, 4.69) is 5.32 Å².